The lowest BCUT2D eigenvalue weighted by molar-refractivity contribution is 1.10. The van der Waals surface area contributed by atoms with Crippen molar-refractivity contribution < 1.29 is 0 Å². The van der Waals surface area contributed by atoms with Crippen molar-refractivity contribution in [1.82, 2.24) is 19.1 Å². The Morgan fingerprint density at radius 2 is 0.500 bits per heavy atom. The Labute approximate surface area is 404 Å². The van der Waals surface area contributed by atoms with E-state index in [4.69, 9.17) is 9.97 Å². The average Bonchev–Trinajstić information content (AvgIpc) is 4.02. The lowest BCUT2D eigenvalue weighted by Gasteiger charge is -2.22. The fourth-order valence-electron chi connectivity index (χ4n) is 11.1. The molecule has 0 fully saturated rings. The minimum Gasteiger partial charge on any atom is -0.292 e. The molecule has 0 spiro atoms. The number of para-hydroxylation sites is 2. The quantitative estimate of drug-likeness (QED) is 0.149. The second-order valence-electron chi connectivity index (χ2n) is 18.0. The van der Waals surface area contributed by atoms with Gasteiger partial charge in [-0.1, -0.05) is 206 Å². The van der Waals surface area contributed by atoms with Crippen LogP contribution in [-0.2, 0) is 0 Å². The second kappa shape index (κ2) is 16.2. The van der Waals surface area contributed by atoms with E-state index in [1.807, 2.05) is 0 Å². The fourth-order valence-corrected chi connectivity index (χ4v) is 11.1. The molecule has 0 aliphatic rings. The highest BCUT2D eigenvalue weighted by Gasteiger charge is 2.24. The number of fused-ring (bicyclic) bond motifs is 6. The van der Waals surface area contributed by atoms with Gasteiger partial charge in [-0.15, -0.1) is 0 Å². The van der Waals surface area contributed by atoms with E-state index in [0.29, 0.717) is 0 Å². The molecule has 0 saturated heterocycles. The lowest BCUT2D eigenvalue weighted by atomic mass is 9.81. The Morgan fingerprint density at radius 1 is 0.229 bits per heavy atom. The molecule has 70 heavy (non-hydrogen) atoms. The third-order valence-electron chi connectivity index (χ3n) is 14.1. The molecule has 0 aliphatic carbocycles. The van der Waals surface area contributed by atoms with Gasteiger partial charge in [-0.05, 0) is 125 Å². The summed E-state index contributed by atoms with van der Waals surface area (Å²) in [5.74, 6) is 1.84. The van der Waals surface area contributed by atoms with Gasteiger partial charge < -0.3 is 0 Å². The molecule has 0 unspecified atom stereocenters. The van der Waals surface area contributed by atoms with Crippen molar-refractivity contribution in [3.63, 3.8) is 0 Å². The van der Waals surface area contributed by atoms with E-state index in [1.54, 1.807) is 0 Å². The topological polar surface area (TPSA) is 35.6 Å². The van der Waals surface area contributed by atoms with Crippen molar-refractivity contribution in [2.24, 2.45) is 0 Å². The highest BCUT2D eigenvalue weighted by molar-refractivity contribution is 6.30. The number of hydrogen-bond acceptors (Lipinski definition) is 2. The van der Waals surface area contributed by atoms with Crippen LogP contribution in [0.3, 0.4) is 0 Å². The van der Waals surface area contributed by atoms with Crippen molar-refractivity contribution in [1.29, 1.82) is 0 Å². The van der Waals surface area contributed by atoms with Crippen LogP contribution < -0.4 is 0 Å². The predicted molar refractivity (Wildman–Crippen MR) is 293 cm³/mol. The van der Waals surface area contributed by atoms with Crippen molar-refractivity contribution in [3.8, 4) is 67.5 Å². The first kappa shape index (κ1) is 39.8. The fraction of sp³-hybridized carbons (Fsp3) is 0. The Morgan fingerprint density at radius 3 is 0.814 bits per heavy atom. The van der Waals surface area contributed by atoms with Crippen molar-refractivity contribution in [3.05, 3.63) is 255 Å². The van der Waals surface area contributed by atoms with Gasteiger partial charge in [-0.3, -0.25) is 9.13 Å². The molecule has 0 saturated carbocycles. The summed E-state index contributed by atoms with van der Waals surface area (Å²) in [6.45, 7) is 0. The van der Waals surface area contributed by atoms with Crippen LogP contribution in [0.1, 0.15) is 0 Å². The predicted octanol–water partition coefficient (Wildman–Crippen LogP) is 17.3. The Kier molecular flexibility index (Phi) is 9.17. The number of benzene rings is 12. The largest absolute Gasteiger partial charge is 0.292 e. The van der Waals surface area contributed by atoms with Crippen LogP contribution in [0.4, 0.5) is 0 Å². The molecule has 326 valence electrons. The molecule has 4 heteroatoms. The third-order valence-corrected chi connectivity index (χ3v) is 14.1. The molecule has 0 aliphatic heterocycles. The maximum atomic E-state index is 5.26. The molecule has 14 rings (SSSR count). The van der Waals surface area contributed by atoms with Crippen LogP contribution in [-0.4, -0.2) is 19.1 Å². The van der Waals surface area contributed by atoms with E-state index in [9.17, 15) is 0 Å². The second-order valence-corrected chi connectivity index (χ2v) is 18.0. The lowest BCUT2D eigenvalue weighted by Crippen LogP contribution is -1.98. The Balaban J connectivity index is 1.02. The average molecular weight is 891 g/mol. The highest BCUT2D eigenvalue weighted by atomic mass is 15.1. The summed E-state index contributed by atoms with van der Waals surface area (Å²) in [4.78, 5) is 10.5. The van der Waals surface area contributed by atoms with E-state index >= 15 is 0 Å². The van der Waals surface area contributed by atoms with Gasteiger partial charge in [0.1, 0.15) is 11.6 Å². The zero-order valence-corrected chi connectivity index (χ0v) is 38.0. The van der Waals surface area contributed by atoms with E-state index in [0.717, 1.165) is 67.3 Å². The number of hydrogen-bond donors (Lipinski definition) is 0. The molecule has 0 atom stereocenters. The summed E-state index contributed by atoms with van der Waals surface area (Å²) in [6, 6.07) is 91.8. The maximum absolute atomic E-state index is 5.26. The van der Waals surface area contributed by atoms with Crippen LogP contribution in [0, 0.1) is 0 Å². The molecule has 0 N–H and O–H groups in total. The first-order valence-corrected chi connectivity index (χ1v) is 23.9. The molecule has 0 bridgehead atoms. The molecule has 12 aromatic carbocycles. The first-order valence-electron chi connectivity index (χ1n) is 23.9. The normalized spacial score (nSPS) is 11.7. The Bertz CT molecular complexity index is 3930. The number of aromatic nitrogens is 4. The van der Waals surface area contributed by atoms with Crippen molar-refractivity contribution >= 4 is 65.2 Å². The summed E-state index contributed by atoms with van der Waals surface area (Å²) < 4.78 is 4.62. The summed E-state index contributed by atoms with van der Waals surface area (Å²) in [5, 5.41) is 9.66. The summed E-state index contributed by atoms with van der Waals surface area (Å²) >= 11 is 0. The highest BCUT2D eigenvalue weighted by Crippen LogP contribution is 2.50. The summed E-state index contributed by atoms with van der Waals surface area (Å²) in [6.07, 6.45) is 0. The Hall–Kier alpha value is -9.38. The SMILES string of the molecule is c1ccc(-c2nc3ccc(-c4c5ccccc5c(-c5c6ccccc6c(-c6ccc7nc(-c8ccccc8)n(-c8ccccc8)c7c6)c6ccccc56)c5ccccc45)cc3n2-c2ccccc2)cc1. The van der Waals surface area contributed by atoms with Crippen LogP contribution in [0.2, 0.25) is 0 Å². The molecular weight excluding hydrogens is 849 g/mol. The van der Waals surface area contributed by atoms with Gasteiger partial charge in [0.05, 0.1) is 22.1 Å². The van der Waals surface area contributed by atoms with E-state index < -0.39 is 0 Å². The summed E-state index contributed by atoms with van der Waals surface area (Å²) in [5.41, 5.74) is 15.5. The van der Waals surface area contributed by atoms with Gasteiger partial charge in [0.2, 0.25) is 0 Å². The van der Waals surface area contributed by atoms with Gasteiger partial charge >= 0.3 is 0 Å². The van der Waals surface area contributed by atoms with E-state index in [1.165, 1.54) is 65.3 Å². The monoisotopic (exact) mass is 890 g/mol. The van der Waals surface area contributed by atoms with Crippen LogP contribution in [0.25, 0.3) is 133 Å². The van der Waals surface area contributed by atoms with Gasteiger partial charge in [0.25, 0.3) is 0 Å². The van der Waals surface area contributed by atoms with E-state index in [2.05, 4.69) is 264 Å². The van der Waals surface area contributed by atoms with Gasteiger partial charge in [-0.2, -0.15) is 0 Å². The first-order chi connectivity index (χ1) is 34.8. The molecule has 2 aromatic heterocycles. The van der Waals surface area contributed by atoms with Gasteiger partial charge in [0.15, 0.2) is 0 Å². The third kappa shape index (κ3) is 6.24. The smallest absolute Gasteiger partial charge is 0.145 e. The summed E-state index contributed by atoms with van der Waals surface area (Å²) in [7, 11) is 0. The molecule has 14 aromatic rings. The number of nitrogens with zero attached hydrogens (tertiary/aromatic N) is 4. The van der Waals surface area contributed by atoms with Crippen molar-refractivity contribution in [2.45, 2.75) is 0 Å². The number of rotatable bonds is 7. The van der Waals surface area contributed by atoms with Crippen LogP contribution >= 0.6 is 0 Å². The van der Waals surface area contributed by atoms with Gasteiger partial charge in [-0.25, -0.2) is 9.97 Å². The minimum atomic E-state index is 0.921. The van der Waals surface area contributed by atoms with Crippen LogP contribution in [0.5, 0.6) is 0 Å². The maximum Gasteiger partial charge on any atom is 0.145 e. The van der Waals surface area contributed by atoms with Crippen LogP contribution in [0.15, 0.2) is 255 Å². The molecular formula is C66H42N4. The van der Waals surface area contributed by atoms with Gasteiger partial charge in [0, 0.05) is 22.5 Å². The molecule has 2 heterocycles. The molecule has 0 radical (unpaired) electrons. The zero-order chi connectivity index (χ0) is 46.1. The standard InChI is InChI=1S/C66H42N4/c1-5-21-43(22-6-1)65-67-57-39-37-45(41-59(57)69(65)47-25-9-3-10-26-47)61-49-29-13-17-33-53(49)63(54-34-18-14-30-50(54)61)64-55-35-19-15-31-51(55)62(52-32-16-20-36-56(52)64)46-38-40-58-60(42-46)70(48-27-11-4-12-28-48)66(68-58)44-23-7-2-8-24-44/h1-42H. The molecule has 0 amide bonds. The minimum absolute atomic E-state index is 0.921. The number of imidazole rings is 2. The molecule has 4 nitrogen and oxygen atoms in total. The van der Waals surface area contributed by atoms with E-state index in [-0.39, 0.29) is 0 Å². The zero-order valence-electron chi connectivity index (χ0n) is 38.0. The van der Waals surface area contributed by atoms with Crippen molar-refractivity contribution in [2.75, 3.05) is 0 Å².